The molecule has 0 spiro atoms. The van der Waals surface area contributed by atoms with Crippen LogP contribution in [0.5, 0.6) is 0 Å². The Balaban J connectivity index is 1.30. The number of aromatic nitrogens is 2. The zero-order valence-corrected chi connectivity index (χ0v) is 18.8. The van der Waals surface area contributed by atoms with Crippen molar-refractivity contribution in [2.75, 3.05) is 5.32 Å². The van der Waals surface area contributed by atoms with Crippen molar-refractivity contribution in [3.63, 3.8) is 0 Å². The molecular weight excluding hydrogens is 408 g/mol. The van der Waals surface area contributed by atoms with Crippen LogP contribution in [0.4, 0.5) is 10.5 Å². The number of amides is 2. The normalized spacial score (nSPS) is 14.3. The Bertz CT molecular complexity index is 1230. The first-order chi connectivity index (χ1) is 16.3. The molecule has 33 heavy (non-hydrogen) atoms. The molecule has 0 aliphatic heterocycles. The molecule has 3 aromatic carbocycles. The van der Waals surface area contributed by atoms with Gasteiger partial charge in [0, 0.05) is 23.8 Å². The zero-order chi connectivity index (χ0) is 22.5. The van der Waals surface area contributed by atoms with Crippen LogP contribution in [0.2, 0.25) is 0 Å². The first-order valence-corrected chi connectivity index (χ1v) is 11.9. The summed E-state index contributed by atoms with van der Waals surface area (Å²) in [6.07, 6.45) is 7.49. The lowest BCUT2D eigenvalue weighted by atomic mass is 9.96. The maximum absolute atomic E-state index is 12.4. The summed E-state index contributed by atoms with van der Waals surface area (Å²) in [5.74, 6) is 1.04. The Morgan fingerprint density at radius 2 is 1.67 bits per heavy atom. The third-order valence-electron chi connectivity index (χ3n) is 6.41. The number of urea groups is 1. The summed E-state index contributed by atoms with van der Waals surface area (Å²) in [6, 6.07) is 27.0. The molecular formula is C28H30N4O. The maximum atomic E-state index is 12.4. The molecule has 2 N–H and O–H groups in total. The molecule has 1 saturated carbocycles. The van der Waals surface area contributed by atoms with Gasteiger partial charge >= 0.3 is 6.03 Å². The lowest BCUT2D eigenvalue weighted by Gasteiger charge is -2.22. The van der Waals surface area contributed by atoms with Gasteiger partial charge in [0.1, 0.15) is 5.82 Å². The van der Waals surface area contributed by atoms with Gasteiger partial charge in [-0.15, -0.1) is 0 Å². The van der Waals surface area contributed by atoms with Gasteiger partial charge in [-0.1, -0.05) is 61.7 Å². The number of nitrogens with one attached hydrogen (secondary N) is 2. The number of aryl methyl sites for hydroxylation is 2. The third kappa shape index (κ3) is 5.08. The second-order valence-corrected chi connectivity index (χ2v) is 8.82. The number of hydrogen-bond acceptors (Lipinski definition) is 2. The lowest BCUT2D eigenvalue weighted by Crippen LogP contribution is -2.39. The fourth-order valence-corrected chi connectivity index (χ4v) is 4.77. The predicted molar refractivity (Wildman–Crippen MR) is 134 cm³/mol. The first-order valence-electron chi connectivity index (χ1n) is 11.9. The molecule has 1 aliphatic rings. The minimum absolute atomic E-state index is 0.107. The van der Waals surface area contributed by atoms with E-state index in [2.05, 4.69) is 69.8 Å². The summed E-state index contributed by atoms with van der Waals surface area (Å²) in [7, 11) is 0. The summed E-state index contributed by atoms with van der Waals surface area (Å²) in [5, 5.41) is 6.14. The predicted octanol–water partition coefficient (Wildman–Crippen LogP) is 6.26. The largest absolute Gasteiger partial charge is 0.335 e. The van der Waals surface area contributed by atoms with Crippen LogP contribution in [0.25, 0.3) is 16.7 Å². The Hall–Kier alpha value is -3.60. The summed E-state index contributed by atoms with van der Waals surface area (Å²) in [4.78, 5) is 17.4. The first kappa shape index (κ1) is 21.3. The minimum atomic E-state index is -0.107. The van der Waals surface area contributed by atoms with E-state index in [4.69, 9.17) is 4.98 Å². The number of rotatable bonds is 6. The molecule has 1 heterocycles. The molecule has 0 radical (unpaired) electrons. The molecule has 0 atom stereocenters. The fourth-order valence-electron chi connectivity index (χ4n) is 4.77. The Kier molecular flexibility index (Phi) is 6.38. The van der Waals surface area contributed by atoms with Crippen LogP contribution in [0, 0.1) is 0 Å². The molecule has 168 valence electrons. The van der Waals surface area contributed by atoms with Gasteiger partial charge in [-0.3, -0.25) is 4.57 Å². The number of benzene rings is 3. The molecule has 0 bridgehead atoms. The fraction of sp³-hybridized carbons (Fsp3) is 0.286. The number of fused-ring (bicyclic) bond motifs is 1. The van der Waals surface area contributed by atoms with Crippen molar-refractivity contribution in [2.24, 2.45) is 0 Å². The molecule has 2 amide bonds. The van der Waals surface area contributed by atoms with Gasteiger partial charge in [-0.05, 0) is 61.2 Å². The van der Waals surface area contributed by atoms with Crippen LogP contribution >= 0.6 is 0 Å². The average molecular weight is 439 g/mol. The summed E-state index contributed by atoms with van der Waals surface area (Å²) in [6.45, 7) is 0. The van der Waals surface area contributed by atoms with Crippen LogP contribution in [0.15, 0.2) is 78.9 Å². The maximum Gasteiger partial charge on any atom is 0.319 e. The number of hydrogen-bond donors (Lipinski definition) is 2. The second-order valence-electron chi connectivity index (χ2n) is 8.82. The van der Waals surface area contributed by atoms with Gasteiger partial charge in [-0.25, -0.2) is 9.78 Å². The average Bonchev–Trinajstić information content (AvgIpc) is 3.22. The molecule has 0 unspecified atom stereocenters. The number of anilines is 1. The van der Waals surface area contributed by atoms with Crippen molar-refractivity contribution in [2.45, 2.75) is 51.0 Å². The van der Waals surface area contributed by atoms with Crippen molar-refractivity contribution in [1.82, 2.24) is 14.9 Å². The third-order valence-corrected chi connectivity index (χ3v) is 6.41. The van der Waals surface area contributed by atoms with E-state index >= 15 is 0 Å². The van der Waals surface area contributed by atoms with Crippen molar-refractivity contribution in [3.05, 3.63) is 90.3 Å². The summed E-state index contributed by atoms with van der Waals surface area (Å²) < 4.78 is 2.25. The van der Waals surface area contributed by atoms with Crippen molar-refractivity contribution in [3.8, 4) is 5.69 Å². The number of carbonyl (C=O) groups excluding carboxylic acids is 1. The topological polar surface area (TPSA) is 59.0 Å². The number of carbonyl (C=O) groups is 1. The summed E-state index contributed by atoms with van der Waals surface area (Å²) >= 11 is 0. The van der Waals surface area contributed by atoms with Crippen LogP contribution in [-0.4, -0.2) is 21.6 Å². The van der Waals surface area contributed by atoms with E-state index in [9.17, 15) is 4.79 Å². The van der Waals surface area contributed by atoms with Crippen LogP contribution in [0.1, 0.15) is 43.5 Å². The van der Waals surface area contributed by atoms with Gasteiger partial charge < -0.3 is 10.6 Å². The van der Waals surface area contributed by atoms with Gasteiger partial charge in [0.15, 0.2) is 0 Å². The molecule has 1 fully saturated rings. The van der Waals surface area contributed by atoms with Crippen LogP contribution in [-0.2, 0) is 12.8 Å². The molecule has 5 heteroatoms. The Morgan fingerprint density at radius 1 is 0.879 bits per heavy atom. The van der Waals surface area contributed by atoms with Crippen molar-refractivity contribution in [1.29, 1.82) is 0 Å². The van der Waals surface area contributed by atoms with E-state index in [0.29, 0.717) is 6.04 Å². The monoisotopic (exact) mass is 438 g/mol. The minimum Gasteiger partial charge on any atom is -0.335 e. The summed E-state index contributed by atoms with van der Waals surface area (Å²) in [5.41, 5.74) is 5.25. The van der Waals surface area contributed by atoms with E-state index in [1.807, 2.05) is 24.3 Å². The highest BCUT2D eigenvalue weighted by atomic mass is 16.2. The standard InChI is InChI=1S/C28H30N4O/c33-28(29-22-11-3-1-4-12-22)30-23-13-9-10-21(20-23)18-19-27-31-25-16-7-8-17-26(25)32(27)24-14-5-2-6-15-24/h2,5-10,13-17,20,22H,1,3-4,11-12,18-19H2,(H2,29,30,33). The lowest BCUT2D eigenvalue weighted by molar-refractivity contribution is 0.244. The SMILES string of the molecule is O=C(Nc1cccc(CCc2nc3ccccc3n2-c2ccccc2)c1)NC1CCCCC1. The quantitative estimate of drug-likeness (QED) is 0.373. The number of nitrogens with zero attached hydrogens (tertiary/aromatic N) is 2. The highest BCUT2D eigenvalue weighted by Crippen LogP contribution is 2.23. The molecule has 1 aromatic heterocycles. The van der Waals surface area contributed by atoms with E-state index < -0.39 is 0 Å². The van der Waals surface area contributed by atoms with E-state index in [0.717, 1.165) is 53.9 Å². The highest BCUT2D eigenvalue weighted by Gasteiger charge is 2.16. The Morgan fingerprint density at radius 3 is 2.52 bits per heavy atom. The van der Waals surface area contributed by atoms with E-state index in [-0.39, 0.29) is 6.03 Å². The molecule has 4 aromatic rings. The Labute approximate surface area is 194 Å². The number of para-hydroxylation sites is 3. The molecule has 1 aliphatic carbocycles. The van der Waals surface area contributed by atoms with Gasteiger partial charge in [-0.2, -0.15) is 0 Å². The van der Waals surface area contributed by atoms with E-state index in [1.54, 1.807) is 0 Å². The van der Waals surface area contributed by atoms with Gasteiger partial charge in [0.2, 0.25) is 0 Å². The van der Waals surface area contributed by atoms with Crippen LogP contribution in [0.3, 0.4) is 0 Å². The number of imidazole rings is 1. The van der Waals surface area contributed by atoms with Gasteiger partial charge in [0.25, 0.3) is 0 Å². The smallest absolute Gasteiger partial charge is 0.319 e. The van der Waals surface area contributed by atoms with Gasteiger partial charge in [0.05, 0.1) is 11.0 Å². The van der Waals surface area contributed by atoms with Crippen LogP contribution < -0.4 is 10.6 Å². The second kappa shape index (κ2) is 9.90. The molecule has 0 saturated heterocycles. The van der Waals surface area contributed by atoms with Crippen molar-refractivity contribution >= 4 is 22.8 Å². The molecule has 5 rings (SSSR count). The van der Waals surface area contributed by atoms with E-state index in [1.165, 1.54) is 24.8 Å². The van der Waals surface area contributed by atoms with Crippen molar-refractivity contribution < 1.29 is 4.79 Å². The highest BCUT2D eigenvalue weighted by molar-refractivity contribution is 5.89. The zero-order valence-electron chi connectivity index (χ0n) is 18.8. The molecule has 5 nitrogen and oxygen atoms in total.